The van der Waals surface area contributed by atoms with Crippen LogP contribution in [0.3, 0.4) is 0 Å². The van der Waals surface area contributed by atoms with Gasteiger partial charge in [0.2, 0.25) is 0 Å². The van der Waals surface area contributed by atoms with E-state index in [0.29, 0.717) is 23.7 Å². The smallest absolute Gasteiger partial charge is 0.310 e. The van der Waals surface area contributed by atoms with E-state index in [1.165, 1.54) is 0 Å². The Morgan fingerprint density at radius 2 is 1.68 bits per heavy atom. The maximum Gasteiger partial charge on any atom is 0.310 e. The minimum absolute atomic E-state index is 0.00593. The summed E-state index contributed by atoms with van der Waals surface area (Å²) < 4.78 is 6.98. The lowest BCUT2D eigenvalue weighted by molar-refractivity contribution is -0.146. The van der Waals surface area contributed by atoms with Crippen LogP contribution in [0.25, 0.3) is 5.69 Å². The second-order valence-corrected chi connectivity index (χ2v) is 8.43. The Morgan fingerprint density at radius 3 is 2.38 bits per heavy atom. The molecular formula is C26H30N4O4. The van der Waals surface area contributed by atoms with E-state index in [-0.39, 0.29) is 12.3 Å². The highest BCUT2D eigenvalue weighted by molar-refractivity contribution is 6.04. The van der Waals surface area contributed by atoms with Crippen molar-refractivity contribution in [1.82, 2.24) is 15.1 Å². The van der Waals surface area contributed by atoms with E-state index in [4.69, 9.17) is 4.74 Å². The molecule has 2 amide bonds. The summed E-state index contributed by atoms with van der Waals surface area (Å²) in [6.45, 7) is 7.80. The summed E-state index contributed by atoms with van der Waals surface area (Å²) in [5.41, 5.74) is 3.94. The third-order valence-electron chi connectivity index (χ3n) is 5.24. The van der Waals surface area contributed by atoms with Crippen LogP contribution in [0.2, 0.25) is 0 Å². The van der Waals surface area contributed by atoms with Gasteiger partial charge in [-0.15, -0.1) is 0 Å². The van der Waals surface area contributed by atoms with Crippen molar-refractivity contribution in [3.8, 4) is 5.69 Å². The maximum absolute atomic E-state index is 12.4. The Hall–Kier alpha value is -3.94. The SMILES string of the molecule is Cc1nn(-c2ccccc2)c(C)c1CC(=O)OCC(=O)Nc1ccccc1C(=O)NCC(C)C. The van der Waals surface area contributed by atoms with Crippen molar-refractivity contribution in [2.75, 3.05) is 18.5 Å². The number of aryl methyl sites for hydroxylation is 1. The second kappa shape index (κ2) is 11.3. The van der Waals surface area contributed by atoms with E-state index in [0.717, 1.165) is 22.6 Å². The van der Waals surface area contributed by atoms with Crippen LogP contribution in [-0.2, 0) is 20.7 Å². The number of esters is 1. The molecule has 0 saturated heterocycles. The number of carbonyl (C=O) groups is 3. The molecule has 3 aromatic rings. The topological polar surface area (TPSA) is 102 Å². The first kappa shape index (κ1) is 24.7. The molecule has 1 aromatic heterocycles. The maximum atomic E-state index is 12.4. The fraction of sp³-hybridized carbons (Fsp3) is 0.308. The zero-order valence-corrected chi connectivity index (χ0v) is 19.9. The zero-order valence-electron chi connectivity index (χ0n) is 19.9. The first-order chi connectivity index (χ1) is 16.3. The Kier molecular flexibility index (Phi) is 8.19. The van der Waals surface area contributed by atoms with Crippen molar-refractivity contribution in [3.63, 3.8) is 0 Å². The van der Waals surface area contributed by atoms with Gasteiger partial charge in [0.1, 0.15) is 0 Å². The number of benzene rings is 2. The fourth-order valence-corrected chi connectivity index (χ4v) is 3.46. The molecule has 8 heteroatoms. The number of nitrogens with zero attached hydrogens (tertiary/aromatic N) is 2. The average molecular weight is 463 g/mol. The molecule has 2 N–H and O–H groups in total. The highest BCUT2D eigenvalue weighted by atomic mass is 16.5. The number of para-hydroxylation sites is 2. The lowest BCUT2D eigenvalue weighted by Gasteiger charge is -2.12. The number of carbonyl (C=O) groups excluding carboxylic acids is 3. The van der Waals surface area contributed by atoms with E-state index in [1.54, 1.807) is 28.9 Å². The minimum Gasteiger partial charge on any atom is -0.455 e. The molecule has 0 atom stereocenters. The lowest BCUT2D eigenvalue weighted by atomic mass is 10.1. The molecule has 0 aliphatic carbocycles. The molecule has 1 heterocycles. The summed E-state index contributed by atoms with van der Waals surface area (Å²) in [5.74, 6) is -1.03. The monoisotopic (exact) mass is 462 g/mol. The van der Waals surface area contributed by atoms with Gasteiger partial charge < -0.3 is 15.4 Å². The van der Waals surface area contributed by atoms with E-state index < -0.39 is 18.5 Å². The number of rotatable bonds is 9. The molecule has 0 fully saturated rings. The Balaban J connectivity index is 1.58. The summed E-state index contributed by atoms with van der Waals surface area (Å²) in [4.78, 5) is 37.3. The Bertz CT molecular complexity index is 1170. The Morgan fingerprint density at radius 1 is 1.00 bits per heavy atom. The van der Waals surface area contributed by atoms with Crippen LogP contribution in [-0.4, -0.2) is 40.7 Å². The highest BCUT2D eigenvalue weighted by Gasteiger charge is 2.18. The highest BCUT2D eigenvalue weighted by Crippen LogP contribution is 2.19. The van der Waals surface area contributed by atoms with Crippen LogP contribution in [0.15, 0.2) is 54.6 Å². The summed E-state index contributed by atoms with van der Waals surface area (Å²) in [6, 6.07) is 16.3. The number of hydrogen-bond donors (Lipinski definition) is 2. The molecule has 0 aliphatic rings. The normalized spacial score (nSPS) is 10.7. The molecule has 0 bridgehead atoms. The largest absolute Gasteiger partial charge is 0.455 e. The summed E-state index contributed by atoms with van der Waals surface area (Å²) >= 11 is 0. The van der Waals surface area contributed by atoms with Crippen LogP contribution in [0.1, 0.15) is 41.2 Å². The van der Waals surface area contributed by atoms with Gasteiger partial charge >= 0.3 is 5.97 Å². The molecule has 3 rings (SSSR count). The predicted octanol–water partition coefficient (Wildman–Crippen LogP) is 3.60. The van der Waals surface area contributed by atoms with Crippen molar-refractivity contribution in [3.05, 3.63) is 77.1 Å². The molecule has 0 saturated carbocycles. The fourth-order valence-electron chi connectivity index (χ4n) is 3.46. The van der Waals surface area contributed by atoms with Gasteiger partial charge in [0, 0.05) is 17.8 Å². The number of anilines is 1. The summed E-state index contributed by atoms with van der Waals surface area (Å²) in [6.07, 6.45) is 0.00593. The van der Waals surface area contributed by atoms with Gasteiger partial charge in [-0.05, 0) is 44.0 Å². The van der Waals surface area contributed by atoms with Crippen LogP contribution < -0.4 is 10.6 Å². The van der Waals surface area contributed by atoms with Gasteiger partial charge in [0.25, 0.3) is 11.8 Å². The molecule has 8 nitrogen and oxygen atoms in total. The van der Waals surface area contributed by atoms with E-state index in [2.05, 4.69) is 15.7 Å². The van der Waals surface area contributed by atoms with Crippen molar-refractivity contribution in [1.29, 1.82) is 0 Å². The first-order valence-corrected chi connectivity index (χ1v) is 11.2. The molecule has 178 valence electrons. The predicted molar refractivity (Wildman–Crippen MR) is 130 cm³/mol. The third-order valence-corrected chi connectivity index (χ3v) is 5.24. The van der Waals surface area contributed by atoms with Crippen molar-refractivity contribution in [2.45, 2.75) is 34.1 Å². The molecule has 0 spiro atoms. The molecule has 34 heavy (non-hydrogen) atoms. The van der Waals surface area contributed by atoms with Crippen LogP contribution >= 0.6 is 0 Å². The molecule has 0 unspecified atom stereocenters. The number of hydrogen-bond acceptors (Lipinski definition) is 5. The Labute approximate surface area is 199 Å². The van der Waals surface area contributed by atoms with Gasteiger partial charge in [0.15, 0.2) is 6.61 Å². The lowest BCUT2D eigenvalue weighted by Crippen LogP contribution is -2.29. The van der Waals surface area contributed by atoms with Crippen molar-refractivity contribution < 1.29 is 19.1 Å². The van der Waals surface area contributed by atoms with E-state index in [9.17, 15) is 14.4 Å². The van der Waals surface area contributed by atoms with E-state index in [1.807, 2.05) is 58.0 Å². The van der Waals surface area contributed by atoms with Gasteiger partial charge in [-0.25, -0.2) is 4.68 Å². The zero-order chi connectivity index (χ0) is 24.7. The van der Waals surface area contributed by atoms with Gasteiger partial charge in [-0.2, -0.15) is 5.10 Å². The molecular weight excluding hydrogens is 432 g/mol. The summed E-state index contributed by atoms with van der Waals surface area (Å²) in [7, 11) is 0. The van der Waals surface area contributed by atoms with Gasteiger partial charge in [-0.1, -0.05) is 44.2 Å². The quantitative estimate of drug-likeness (QED) is 0.473. The van der Waals surface area contributed by atoms with Gasteiger partial charge in [0.05, 0.1) is 29.1 Å². The van der Waals surface area contributed by atoms with Crippen LogP contribution in [0.4, 0.5) is 5.69 Å². The number of ether oxygens (including phenoxy) is 1. The third kappa shape index (κ3) is 6.31. The average Bonchev–Trinajstić information content (AvgIpc) is 3.10. The van der Waals surface area contributed by atoms with E-state index >= 15 is 0 Å². The van der Waals surface area contributed by atoms with Gasteiger partial charge in [-0.3, -0.25) is 14.4 Å². The van der Waals surface area contributed by atoms with Crippen LogP contribution in [0, 0.1) is 19.8 Å². The minimum atomic E-state index is -0.531. The molecule has 2 aromatic carbocycles. The number of nitrogens with one attached hydrogen (secondary N) is 2. The second-order valence-electron chi connectivity index (χ2n) is 8.43. The first-order valence-electron chi connectivity index (χ1n) is 11.2. The standard InChI is InChI=1S/C26H30N4O4/c1-17(2)15-27-26(33)21-12-8-9-13-23(21)28-24(31)16-34-25(32)14-22-18(3)29-30(19(22)4)20-10-6-5-7-11-20/h5-13,17H,14-16H2,1-4H3,(H,27,33)(H,28,31). The van der Waals surface area contributed by atoms with Crippen molar-refractivity contribution >= 4 is 23.5 Å². The van der Waals surface area contributed by atoms with Crippen molar-refractivity contribution in [2.24, 2.45) is 5.92 Å². The summed E-state index contributed by atoms with van der Waals surface area (Å²) in [5, 5.41) is 10.0. The molecule has 0 aliphatic heterocycles. The number of amides is 2. The molecule has 0 radical (unpaired) electrons. The van der Waals surface area contributed by atoms with Crippen LogP contribution in [0.5, 0.6) is 0 Å². The number of aromatic nitrogens is 2.